The zero-order chi connectivity index (χ0) is 22.6. The third kappa shape index (κ3) is 8.46. The van der Waals surface area contributed by atoms with Gasteiger partial charge in [0.1, 0.15) is 11.8 Å². The van der Waals surface area contributed by atoms with E-state index >= 15 is 0 Å². The molecule has 0 radical (unpaired) electrons. The molecule has 0 saturated carbocycles. The van der Waals surface area contributed by atoms with Gasteiger partial charge in [0.25, 0.3) is 0 Å². The summed E-state index contributed by atoms with van der Waals surface area (Å²) in [5, 5.41) is 3.63. The Balaban J connectivity index is 2.03. The molecule has 0 aliphatic carbocycles. The van der Waals surface area contributed by atoms with Crippen molar-refractivity contribution in [2.75, 3.05) is 19.4 Å². The van der Waals surface area contributed by atoms with Crippen LogP contribution in [0.25, 0.3) is 0 Å². The zero-order valence-electron chi connectivity index (χ0n) is 18.4. The number of thioether (sulfide) groups is 1. The Morgan fingerprint density at radius 3 is 2.35 bits per heavy atom. The van der Waals surface area contributed by atoms with Crippen molar-refractivity contribution >= 4 is 35.2 Å². The molecule has 2 rings (SSSR count). The lowest BCUT2D eigenvalue weighted by Crippen LogP contribution is -2.48. The lowest BCUT2D eigenvalue weighted by Gasteiger charge is -2.29. The summed E-state index contributed by atoms with van der Waals surface area (Å²) in [4.78, 5) is 27.4. The van der Waals surface area contributed by atoms with Crippen LogP contribution in [-0.4, -0.2) is 42.2 Å². The molecule has 168 valence electrons. The van der Waals surface area contributed by atoms with Gasteiger partial charge < -0.3 is 15.0 Å². The summed E-state index contributed by atoms with van der Waals surface area (Å²) in [6.07, 6.45) is 1.92. The van der Waals surface area contributed by atoms with Crippen molar-refractivity contribution in [1.82, 2.24) is 10.2 Å². The van der Waals surface area contributed by atoms with E-state index in [-0.39, 0.29) is 11.8 Å². The van der Waals surface area contributed by atoms with Gasteiger partial charge in [-0.1, -0.05) is 49.2 Å². The van der Waals surface area contributed by atoms with Gasteiger partial charge in [-0.25, -0.2) is 0 Å². The topological polar surface area (TPSA) is 58.6 Å². The first-order valence-electron chi connectivity index (χ1n) is 10.5. The summed E-state index contributed by atoms with van der Waals surface area (Å²) in [6, 6.07) is 14.6. The number of amides is 2. The van der Waals surface area contributed by atoms with Gasteiger partial charge in [0.05, 0.1) is 12.9 Å². The third-order valence-corrected chi connectivity index (χ3v) is 6.16. The standard InChI is InChI=1S/C24H31ClN2O3S/c1-4-5-14-26-24(29)18(2)27(15-19-8-12-22(30-3)13-9-19)23(28)17-31-16-20-6-10-21(25)11-7-20/h6-13,18H,4-5,14-17H2,1-3H3,(H,26,29). The number of methoxy groups -OCH3 is 1. The first-order valence-corrected chi connectivity index (χ1v) is 12.0. The fraction of sp³-hybridized carbons (Fsp3) is 0.417. The van der Waals surface area contributed by atoms with Gasteiger partial charge in [-0.2, -0.15) is 0 Å². The van der Waals surface area contributed by atoms with Gasteiger partial charge in [0.2, 0.25) is 11.8 Å². The second-order valence-corrected chi connectivity index (χ2v) is 8.73. The van der Waals surface area contributed by atoms with Crippen molar-refractivity contribution in [3.8, 4) is 5.75 Å². The molecular weight excluding hydrogens is 432 g/mol. The second kappa shape index (κ2) is 13.3. The van der Waals surface area contributed by atoms with E-state index in [1.807, 2.05) is 48.5 Å². The molecule has 31 heavy (non-hydrogen) atoms. The van der Waals surface area contributed by atoms with Gasteiger partial charge in [0.15, 0.2) is 0 Å². The predicted molar refractivity (Wildman–Crippen MR) is 129 cm³/mol. The van der Waals surface area contributed by atoms with Crippen molar-refractivity contribution in [1.29, 1.82) is 0 Å². The third-order valence-electron chi connectivity index (χ3n) is 4.92. The first-order chi connectivity index (χ1) is 14.9. The van der Waals surface area contributed by atoms with E-state index in [0.29, 0.717) is 29.6 Å². The quantitative estimate of drug-likeness (QED) is 0.455. The van der Waals surface area contributed by atoms with Crippen LogP contribution in [0.1, 0.15) is 37.8 Å². The van der Waals surface area contributed by atoms with Crippen LogP contribution in [0.5, 0.6) is 5.75 Å². The van der Waals surface area contributed by atoms with E-state index in [4.69, 9.17) is 16.3 Å². The summed E-state index contributed by atoms with van der Waals surface area (Å²) in [5.74, 6) is 1.57. The fourth-order valence-corrected chi connectivity index (χ4v) is 3.96. The maximum atomic E-state index is 13.1. The molecule has 0 aromatic heterocycles. The van der Waals surface area contributed by atoms with Crippen LogP contribution < -0.4 is 10.1 Å². The van der Waals surface area contributed by atoms with Gasteiger partial charge in [-0.05, 0) is 48.7 Å². The van der Waals surface area contributed by atoms with Crippen molar-refractivity contribution in [3.63, 3.8) is 0 Å². The predicted octanol–water partition coefficient (Wildman–Crippen LogP) is 4.92. The van der Waals surface area contributed by atoms with Crippen LogP contribution >= 0.6 is 23.4 Å². The highest BCUT2D eigenvalue weighted by Crippen LogP contribution is 2.19. The molecule has 2 aromatic carbocycles. The lowest BCUT2D eigenvalue weighted by molar-refractivity contribution is -0.138. The van der Waals surface area contributed by atoms with Gasteiger partial charge in [-0.3, -0.25) is 9.59 Å². The number of unbranched alkanes of at least 4 members (excludes halogenated alkanes) is 1. The Morgan fingerprint density at radius 2 is 1.74 bits per heavy atom. The Morgan fingerprint density at radius 1 is 1.10 bits per heavy atom. The minimum absolute atomic E-state index is 0.0621. The molecule has 1 atom stereocenters. The highest BCUT2D eigenvalue weighted by molar-refractivity contribution is 7.99. The summed E-state index contributed by atoms with van der Waals surface area (Å²) < 4.78 is 5.21. The van der Waals surface area contributed by atoms with Crippen molar-refractivity contribution in [2.45, 2.75) is 45.0 Å². The van der Waals surface area contributed by atoms with Crippen LogP contribution in [-0.2, 0) is 21.9 Å². The van der Waals surface area contributed by atoms with Crippen LogP contribution in [0, 0.1) is 0 Å². The van der Waals surface area contributed by atoms with Crippen LogP contribution in [0.3, 0.4) is 0 Å². The molecule has 0 saturated heterocycles. The van der Waals surface area contributed by atoms with E-state index in [0.717, 1.165) is 29.7 Å². The molecule has 2 aromatic rings. The second-order valence-electron chi connectivity index (χ2n) is 7.31. The molecule has 0 fully saturated rings. The van der Waals surface area contributed by atoms with Crippen molar-refractivity contribution < 1.29 is 14.3 Å². The molecule has 0 aliphatic heterocycles. The summed E-state index contributed by atoms with van der Waals surface area (Å²) in [7, 11) is 1.62. The van der Waals surface area contributed by atoms with Crippen LogP contribution in [0.15, 0.2) is 48.5 Å². The molecule has 0 heterocycles. The molecule has 0 aliphatic rings. The van der Waals surface area contributed by atoms with E-state index in [1.165, 1.54) is 11.8 Å². The maximum Gasteiger partial charge on any atom is 0.242 e. The molecule has 2 amide bonds. The Labute approximate surface area is 194 Å². The largest absolute Gasteiger partial charge is 0.497 e. The van der Waals surface area contributed by atoms with Gasteiger partial charge in [0, 0.05) is 23.9 Å². The van der Waals surface area contributed by atoms with Gasteiger partial charge >= 0.3 is 0 Å². The van der Waals surface area contributed by atoms with Crippen molar-refractivity contribution in [2.24, 2.45) is 0 Å². The van der Waals surface area contributed by atoms with E-state index < -0.39 is 6.04 Å². The number of ether oxygens (including phenoxy) is 1. The molecular formula is C24H31ClN2O3S. The summed E-state index contributed by atoms with van der Waals surface area (Å²) >= 11 is 7.46. The monoisotopic (exact) mass is 462 g/mol. The highest BCUT2D eigenvalue weighted by atomic mass is 35.5. The number of nitrogens with zero attached hydrogens (tertiary/aromatic N) is 1. The summed E-state index contributed by atoms with van der Waals surface area (Å²) in [5.41, 5.74) is 2.05. The smallest absolute Gasteiger partial charge is 0.242 e. The number of halogens is 1. The number of rotatable bonds is 12. The van der Waals surface area contributed by atoms with Gasteiger partial charge in [-0.15, -0.1) is 11.8 Å². The Bertz CT molecular complexity index is 828. The van der Waals surface area contributed by atoms with E-state index in [2.05, 4.69) is 12.2 Å². The number of nitrogens with one attached hydrogen (secondary N) is 1. The highest BCUT2D eigenvalue weighted by Gasteiger charge is 2.25. The minimum atomic E-state index is -0.553. The Kier molecular flexibility index (Phi) is 10.7. The van der Waals surface area contributed by atoms with E-state index in [1.54, 1.807) is 18.9 Å². The fourth-order valence-electron chi connectivity index (χ4n) is 2.97. The average Bonchev–Trinajstić information content (AvgIpc) is 2.78. The lowest BCUT2D eigenvalue weighted by atomic mass is 10.1. The molecule has 0 bridgehead atoms. The minimum Gasteiger partial charge on any atom is -0.497 e. The first kappa shape index (κ1) is 25.1. The maximum absolute atomic E-state index is 13.1. The average molecular weight is 463 g/mol. The number of carbonyl (C=O) groups excluding carboxylic acids is 2. The number of benzene rings is 2. The normalized spacial score (nSPS) is 11.6. The van der Waals surface area contributed by atoms with Crippen LogP contribution in [0.4, 0.5) is 0 Å². The molecule has 5 nitrogen and oxygen atoms in total. The zero-order valence-corrected chi connectivity index (χ0v) is 20.0. The Hall–Kier alpha value is -2.18. The molecule has 1 unspecified atom stereocenters. The van der Waals surface area contributed by atoms with E-state index in [9.17, 15) is 9.59 Å². The molecule has 7 heteroatoms. The SMILES string of the molecule is CCCCNC(=O)C(C)N(Cc1ccc(OC)cc1)C(=O)CSCc1ccc(Cl)cc1. The summed E-state index contributed by atoms with van der Waals surface area (Å²) in [6.45, 7) is 4.85. The van der Waals surface area contributed by atoms with Crippen molar-refractivity contribution in [3.05, 3.63) is 64.7 Å². The van der Waals surface area contributed by atoms with Crippen LogP contribution in [0.2, 0.25) is 5.02 Å². The number of hydrogen-bond donors (Lipinski definition) is 1. The molecule has 1 N–H and O–H groups in total. The number of hydrogen-bond acceptors (Lipinski definition) is 4. The number of carbonyl (C=O) groups is 2. The molecule has 0 spiro atoms.